The van der Waals surface area contributed by atoms with Crippen LogP contribution in [0.1, 0.15) is 19.4 Å². The summed E-state index contributed by atoms with van der Waals surface area (Å²) in [7, 11) is 0. The van der Waals surface area contributed by atoms with E-state index in [0.29, 0.717) is 19.7 Å². The van der Waals surface area contributed by atoms with E-state index in [2.05, 4.69) is 5.32 Å². The first-order chi connectivity index (χ1) is 8.46. The molecule has 0 radical (unpaired) electrons. The number of benzene rings is 1. The normalized spacial score (nSPS) is 22.2. The van der Waals surface area contributed by atoms with Crippen molar-refractivity contribution >= 4 is 0 Å². The number of rotatable bonds is 4. The average Bonchev–Trinajstić information content (AvgIpc) is 2.63. The molecule has 0 saturated carbocycles. The Bertz CT molecular complexity index is 419. The van der Waals surface area contributed by atoms with E-state index in [1.165, 1.54) is 12.1 Å². The van der Waals surface area contributed by atoms with Crippen LogP contribution in [-0.4, -0.2) is 35.3 Å². The number of hydrogen-bond donors (Lipinski definition) is 3. The molecule has 1 atom stereocenters. The number of nitrogens with one attached hydrogen (secondary N) is 1. The fraction of sp³-hybridized carbons (Fsp3) is 0.538. The highest BCUT2D eigenvalue weighted by Gasteiger charge is 2.32. The van der Waals surface area contributed by atoms with Crippen molar-refractivity contribution < 1.29 is 19.7 Å². The molecule has 100 valence electrons. The van der Waals surface area contributed by atoms with Gasteiger partial charge in [-0.2, -0.15) is 0 Å². The van der Waals surface area contributed by atoms with E-state index < -0.39 is 5.79 Å². The standard InChI is InChI=1S/C13H19NO4/c1-13(2)17-8-10(18-13)7-14-6-9-3-4-11(15)12(16)5-9/h3-5,10,14-16H,6-8H2,1-2H3. The molecule has 1 aliphatic heterocycles. The molecule has 5 nitrogen and oxygen atoms in total. The third-order valence-corrected chi connectivity index (χ3v) is 2.81. The quantitative estimate of drug-likeness (QED) is 0.706. The first-order valence-corrected chi connectivity index (χ1v) is 6.00. The molecule has 0 amide bonds. The molecule has 1 fully saturated rings. The Morgan fingerprint density at radius 1 is 1.33 bits per heavy atom. The SMILES string of the molecule is CC1(C)OCC(CNCc2ccc(O)c(O)c2)O1. The van der Waals surface area contributed by atoms with Crippen molar-refractivity contribution in [3.63, 3.8) is 0 Å². The van der Waals surface area contributed by atoms with E-state index in [0.717, 1.165) is 5.56 Å². The van der Waals surface area contributed by atoms with Crippen LogP contribution in [0.2, 0.25) is 0 Å². The lowest BCUT2D eigenvalue weighted by Gasteiger charge is -2.17. The highest BCUT2D eigenvalue weighted by atomic mass is 16.7. The van der Waals surface area contributed by atoms with Crippen LogP contribution in [0.25, 0.3) is 0 Å². The molecule has 5 heteroatoms. The lowest BCUT2D eigenvalue weighted by Crippen LogP contribution is -2.30. The summed E-state index contributed by atoms with van der Waals surface area (Å²) in [6, 6.07) is 4.78. The molecule has 1 unspecified atom stereocenters. The average molecular weight is 253 g/mol. The molecule has 0 aromatic heterocycles. The number of phenols is 2. The van der Waals surface area contributed by atoms with Crippen LogP contribution in [0.15, 0.2) is 18.2 Å². The molecular weight excluding hydrogens is 234 g/mol. The Kier molecular flexibility index (Phi) is 3.75. The van der Waals surface area contributed by atoms with Crippen molar-refractivity contribution in [1.82, 2.24) is 5.32 Å². The molecule has 1 aliphatic rings. The van der Waals surface area contributed by atoms with Gasteiger partial charge in [-0.25, -0.2) is 0 Å². The largest absolute Gasteiger partial charge is 0.504 e. The van der Waals surface area contributed by atoms with E-state index >= 15 is 0 Å². The Morgan fingerprint density at radius 2 is 2.11 bits per heavy atom. The molecule has 1 saturated heterocycles. The van der Waals surface area contributed by atoms with Crippen molar-refractivity contribution in [3.8, 4) is 11.5 Å². The fourth-order valence-corrected chi connectivity index (χ4v) is 1.92. The monoisotopic (exact) mass is 253 g/mol. The molecule has 1 heterocycles. The lowest BCUT2D eigenvalue weighted by molar-refractivity contribution is -0.137. The lowest BCUT2D eigenvalue weighted by atomic mass is 10.2. The Labute approximate surface area is 106 Å². The summed E-state index contributed by atoms with van der Waals surface area (Å²) in [6.07, 6.45) is 0.0470. The minimum Gasteiger partial charge on any atom is -0.504 e. The third-order valence-electron chi connectivity index (χ3n) is 2.81. The van der Waals surface area contributed by atoms with Crippen molar-refractivity contribution in [2.24, 2.45) is 0 Å². The van der Waals surface area contributed by atoms with Gasteiger partial charge in [-0.1, -0.05) is 6.07 Å². The summed E-state index contributed by atoms with van der Waals surface area (Å²) in [4.78, 5) is 0. The molecule has 0 aliphatic carbocycles. The zero-order valence-corrected chi connectivity index (χ0v) is 10.6. The van der Waals surface area contributed by atoms with Gasteiger partial charge in [0.25, 0.3) is 0 Å². The van der Waals surface area contributed by atoms with E-state index in [4.69, 9.17) is 9.47 Å². The topological polar surface area (TPSA) is 71.0 Å². The predicted molar refractivity (Wildman–Crippen MR) is 66.4 cm³/mol. The Balaban J connectivity index is 1.77. The van der Waals surface area contributed by atoms with Gasteiger partial charge in [0.2, 0.25) is 0 Å². The van der Waals surface area contributed by atoms with Crippen LogP contribution >= 0.6 is 0 Å². The van der Waals surface area contributed by atoms with Crippen molar-refractivity contribution in [2.45, 2.75) is 32.3 Å². The second kappa shape index (κ2) is 5.14. The van der Waals surface area contributed by atoms with Crippen molar-refractivity contribution in [3.05, 3.63) is 23.8 Å². The van der Waals surface area contributed by atoms with Gasteiger partial charge in [0.05, 0.1) is 12.7 Å². The molecule has 1 aromatic rings. The van der Waals surface area contributed by atoms with E-state index in [-0.39, 0.29) is 17.6 Å². The number of aromatic hydroxyl groups is 2. The van der Waals surface area contributed by atoms with Crippen LogP contribution in [-0.2, 0) is 16.0 Å². The summed E-state index contributed by atoms with van der Waals surface area (Å²) >= 11 is 0. The van der Waals surface area contributed by atoms with E-state index in [1.54, 1.807) is 6.07 Å². The molecule has 0 bridgehead atoms. The first kappa shape index (κ1) is 13.1. The van der Waals surface area contributed by atoms with E-state index in [1.807, 2.05) is 13.8 Å². The maximum atomic E-state index is 9.36. The van der Waals surface area contributed by atoms with Crippen molar-refractivity contribution in [1.29, 1.82) is 0 Å². The van der Waals surface area contributed by atoms with Gasteiger partial charge >= 0.3 is 0 Å². The van der Waals surface area contributed by atoms with Crippen LogP contribution in [0.4, 0.5) is 0 Å². The number of ether oxygens (including phenoxy) is 2. The summed E-state index contributed by atoms with van der Waals surface area (Å²) in [5, 5.41) is 21.8. The van der Waals surface area contributed by atoms with Crippen LogP contribution < -0.4 is 5.32 Å². The van der Waals surface area contributed by atoms with Gasteiger partial charge in [0.15, 0.2) is 17.3 Å². The molecule has 1 aromatic carbocycles. The predicted octanol–water partition coefficient (Wildman–Crippen LogP) is 1.34. The minimum absolute atomic E-state index is 0.0470. The summed E-state index contributed by atoms with van der Waals surface area (Å²) in [5.74, 6) is -0.702. The zero-order chi connectivity index (χ0) is 13.2. The first-order valence-electron chi connectivity index (χ1n) is 6.00. The smallest absolute Gasteiger partial charge is 0.163 e. The van der Waals surface area contributed by atoms with Crippen LogP contribution in [0, 0.1) is 0 Å². The van der Waals surface area contributed by atoms with Crippen LogP contribution in [0.3, 0.4) is 0 Å². The maximum Gasteiger partial charge on any atom is 0.163 e. The van der Waals surface area contributed by atoms with E-state index in [9.17, 15) is 10.2 Å². The summed E-state index contributed by atoms with van der Waals surface area (Å²) in [5.41, 5.74) is 0.906. The molecule has 0 spiro atoms. The third kappa shape index (κ3) is 3.35. The van der Waals surface area contributed by atoms with Gasteiger partial charge in [0.1, 0.15) is 0 Å². The second-order valence-electron chi connectivity index (χ2n) is 4.90. The summed E-state index contributed by atoms with van der Waals surface area (Å²) in [6.45, 7) is 5.66. The van der Waals surface area contributed by atoms with Gasteiger partial charge < -0.3 is 25.0 Å². The van der Waals surface area contributed by atoms with Crippen molar-refractivity contribution in [2.75, 3.05) is 13.2 Å². The maximum absolute atomic E-state index is 9.36. The zero-order valence-electron chi connectivity index (χ0n) is 10.6. The molecule has 3 N–H and O–H groups in total. The highest BCUT2D eigenvalue weighted by molar-refractivity contribution is 5.40. The number of phenolic OH excluding ortho intramolecular Hbond substituents is 2. The van der Waals surface area contributed by atoms with Crippen LogP contribution in [0.5, 0.6) is 11.5 Å². The Hall–Kier alpha value is -1.30. The summed E-state index contributed by atoms with van der Waals surface area (Å²) < 4.78 is 11.1. The van der Waals surface area contributed by atoms with Gasteiger partial charge in [-0.15, -0.1) is 0 Å². The molecular formula is C13H19NO4. The number of hydrogen-bond acceptors (Lipinski definition) is 5. The molecule has 18 heavy (non-hydrogen) atoms. The highest BCUT2D eigenvalue weighted by Crippen LogP contribution is 2.25. The minimum atomic E-state index is -0.497. The van der Waals surface area contributed by atoms with Gasteiger partial charge in [-0.3, -0.25) is 0 Å². The van der Waals surface area contributed by atoms with Gasteiger partial charge in [-0.05, 0) is 31.5 Å². The van der Waals surface area contributed by atoms with Gasteiger partial charge in [0, 0.05) is 13.1 Å². The molecule has 2 rings (SSSR count). The fourth-order valence-electron chi connectivity index (χ4n) is 1.92. The Morgan fingerprint density at radius 3 is 2.72 bits per heavy atom. The second-order valence-corrected chi connectivity index (χ2v) is 4.90.